The zero-order valence-electron chi connectivity index (χ0n) is 28.4. The molecule has 1 heteroatoms. The van der Waals surface area contributed by atoms with Gasteiger partial charge in [-0.1, -0.05) is 182 Å². The van der Waals surface area contributed by atoms with Gasteiger partial charge in [-0.15, -0.1) is 0 Å². The lowest BCUT2D eigenvalue weighted by atomic mass is 9.85. The van der Waals surface area contributed by atoms with Crippen LogP contribution in [0.15, 0.2) is 206 Å². The zero-order chi connectivity index (χ0) is 34.0. The van der Waals surface area contributed by atoms with Gasteiger partial charge in [0.2, 0.25) is 0 Å². The van der Waals surface area contributed by atoms with E-state index < -0.39 is 0 Å². The fourth-order valence-electron chi connectivity index (χ4n) is 7.58. The third-order valence-corrected chi connectivity index (χ3v) is 10.3. The normalized spacial score (nSPS) is 11.9. The molecule has 0 amide bonds. The second kappa shape index (κ2) is 13.5. The molecular formula is C50H37N. The van der Waals surface area contributed by atoms with Crippen LogP contribution < -0.4 is 0 Å². The molecule has 1 unspecified atom stereocenters. The molecule has 0 aliphatic rings. The summed E-state index contributed by atoms with van der Waals surface area (Å²) in [6.45, 7) is 0. The van der Waals surface area contributed by atoms with Crippen molar-refractivity contribution in [2.75, 3.05) is 0 Å². The number of fused-ring (bicyclic) bond motifs is 3. The van der Waals surface area contributed by atoms with Crippen LogP contribution in [0.25, 0.3) is 60.9 Å². The molecule has 0 N–H and O–H groups in total. The molecule has 242 valence electrons. The van der Waals surface area contributed by atoms with Crippen molar-refractivity contribution >= 4 is 21.8 Å². The van der Waals surface area contributed by atoms with Crippen LogP contribution >= 0.6 is 0 Å². The first-order chi connectivity index (χ1) is 25.3. The van der Waals surface area contributed by atoms with E-state index in [0.29, 0.717) is 0 Å². The molecule has 9 aromatic rings. The first-order valence-electron chi connectivity index (χ1n) is 17.8. The average molecular weight is 652 g/mol. The molecule has 0 bridgehead atoms. The molecule has 0 radical (unpaired) electrons. The predicted molar refractivity (Wildman–Crippen MR) is 216 cm³/mol. The van der Waals surface area contributed by atoms with Crippen LogP contribution in [0.1, 0.15) is 22.6 Å². The van der Waals surface area contributed by atoms with Crippen LogP contribution in [0.2, 0.25) is 0 Å². The third-order valence-electron chi connectivity index (χ3n) is 10.3. The molecule has 0 saturated heterocycles. The van der Waals surface area contributed by atoms with Crippen LogP contribution in [0.5, 0.6) is 0 Å². The zero-order valence-corrected chi connectivity index (χ0v) is 28.4. The van der Waals surface area contributed by atoms with E-state index >= 15 is 0 Å². The molecule has 0 aliphatic heterocycles. The SMILES string of the molecule is c1ccc(-c2ccc(-c3ccc(C(Cc4ccc(-c5ccc(-n6c7ccccc7c7ccccc76)cc5)cc4)c4ccccc4)cc3)cc2)cc1. The number of hydrogen-bond donors (Lipinski definition) is 0. The van der Waals surface area contributed by atoms with Crippen molar-refractivity contribution in [3.05, 3.63) is 223 Å². The van der Waals surface area contributed by atoms with Crippen LogP contribution in [-0.4, -0.2) is 4.57 Å². The Balaban J connectivity index is 0.954. The second-order valence-electron chi connectivity index (χ2n) is 13.3. The summed E-state index contributed by atoms with van der Waals surface area (Å²) in [7, 11) is 0. The van der Waals surface area contributed by atoms with Gasteiger partial charge in [0.15, 0.2) is 0 Å². The first-order valence-corrected chi connectivity index (χ1v) is 17.8. The van der Waals surface area contributed by atoms with Gasteiger partial charge in [0.25, 0.3) is 0 Å². The lowest BCUT2D eigenvalue weighted by Crippen LogP contribution is -2.05. The van der Waals surface area contributed by atoms with E-state index in [9.17, 15) is 0 Å². The molecule has 51 heavy (non-hydrogen) atoms. The smallest absolute Gasteiger partial charge is 0.0541 e. The topological polar surface area (TPSA) is 4.93 Å². The molecule has 8 aromatic carbocycles. The van der Waals surface area contributed by atoms with E-state index in [1.54, 1.807) is 0 Å². The van der Waals surface area contributed by atoms with E-state index in [-0.39, 0.29) is 5.92 Å². The Bertz CT molecular complexity index is 2490. The highest BCUT2D eigenvalue weighted by atomic mass is 15.0. The Morgan fingerprint density at radius 1 is 0.314 bits per heavy atom. The molecule has 1 atom stereocenters. The molecule has 1 aromatic heterocycles. The lowest BCUT2D eigenvalue weighted by Gasteiger charge is -2.19. The van der Waals surface area contributed by atoms with Crippen molar-refractivity contribution in [1.82, 2.24) is 4.57 Å². The average Bonchev–Trinajstić information content (AvgIpc) is 3.55. The van der Waals surface area contributed by atoms with E-state index in [4.69, 9.17) is 0 Å². The van der Waals surface area contributed by atoms with Crippen molar-refractivity contribution in [3.63, 3.8) is 0 Å². The number of benzene rings is 8. The minimum Gasteiger partial charge on any atom is -0.309 e. The molecule has 1 nitrogen and oxygen atoms in total. The fourth-order valence-corrected chi connectivity index (χ4v) is 7.58. The first kappa shape index (κ1) is 30.6. The highest BCUT2D eigenvalue weighted by Gasteiger charge is 2.16. The summed E-state index contributed by atoms with van der Waals surface area (Å²) in [6.07, 6.45) is 0.933. The molecule has 0 spiro atoms. The van der Waals surface area contributed by atoms with Crippen molar-refractivity contribution in [3.8, 4) is 39.1 Å². The molecule has 0 saturated carbocycles. The minimum atomic E-state index is 0.261. The van der Waals surface area contributed by atoms with Crippen LogP contribution in [-0.2, 0) is 6.42 Å². The van der Waals surface area contributed by atoms with Crippen LogP contribution in [0.3, 0.4) is 0 Å². The maximum Gasteiger partial charge on any atom is 0.0541 e. The van der Waals surface area contributed by atoms with Crippen molar-refractivity contribution in [2.24, 2.45) is 0 Å². The van der Waals surface area contributed by atoms with Gasteiger partial charge >= 0.3 is 0 Å². The van der Waals surface area contributed by atoms with Crippen molar-refractivity contribution in [1.29, 1.82) is 0 Å². The van der Waals surface area contributed by atoms with E-state index in [0.717, 1.165) is 6.42 Å². The van der Waals surface area contributed by atoms with E-state index in [2.05, 4.69) is 211 Å². The lowest BCUT2D eigenvalue weighted by molar-refractivity contribution is 0.805. The van der Waals surface area contributed by atoms with Gasteiger partial charge in [-0.25, -0.2) is 0 Å². The fraction of sp³-hybridized carbons (Fsp3) is 0.0400. The number of nitrogens with zero attached hydrogens (tertiary/aromatic N) is 1. The number of hydrogen-bond acceptors (Lipinski definition) is 0. The second-order valence-corrected chi connectivity index (χ2v) is 13.3. The van der Waals surface area contributed by atoms with E-state index in [1.165, 1.54) is 77.6 Å². The van der Waals surface area contributed by atoms with Gasteiger partial charge in [0.1, 0.15) is 0 Å². The van der Waals surface area contributed by atoms with Crippen LogP contribution in [0, 0.1) is 0 Å². The summed E-state index contributed by atoms with van der Waals surface area (Å²) < 4.78 is 2.37. The summed E-state index contributed by atoms with van der Waals surface area (Å²) >= 11 is 0. The summed E-state index contributed by atoms with van der Waals surface area (Å²) in [5.41, 5.74) is 15.0. The van der Waals surface area contributed by atoms with Gasteiger partial charge < -0.3 is 4.57 Å². The Kier molecular flexibility index (Phi) is 8.08. The molecule has 9 rings (SSSR count). The number of aromatic nitrogens is 1. The predicted octanol–water partition coefficient (Wildman–Crippen LogP) is 13.2. The summed E-state index contributed by atoms with van der Waals surface area (Å²) in [6, 6.07) is 75.0. The molecule has 0 fully saturated rings. The van der Waals surface area contributed by atoms with Crippen LogP contribution in [0.4, 0.5) is 0 Å². The summed E-state index contributed by atoms with van der Waals surface area (Å²) in [5, 5.41) is 2.57. The van der Waals surface area contributed by atoms with Gasteiger partial charge in [0, 0.05) is 22.4 Å². The van der Waals surface area contributed by atoms with Gasteiger partial charge in [-0.3, -0.25) is 0 Å². The summed E-state index contributed by atoms with van der Waals surface area (Å²) in [5.74, 6) is 0.261. The maximum atomic E-state index is 2.37. The largest absolute Gasteiger partial charge is 0.309 e. The van der Waals surface area contributed by atoms with Gasteiger partial charge in [0.05, 0.1) is 11.0 Å². The molecule has 1 heterocycles. The highest BCUT2D eigenvalue weighted by Crippen LogP contribution is 2.34. The molecule has 0 aliphatic carbocycles. The maximum absolute atomic E-state index is 2.37. The Morgan fingerprint density at radius 3 is 1.22 bits per heavy atom. The summed E-state index contributed by atoms with van der Waals surface area (Å²) in [4.78, 5) is 0. The highest BCUT2D eigenvalue weighted by molar-refractivity contribution is 6.09. The number of rotatable bonds is 8. The third kappa shape index (κ3) is 6.05. The minimum absolute atomic E-state index is 0.261. The van der Waals surface area contributed by atoms with Gasteiger partial charge in [-0.2, -0.15) is 0 Å². The standard InChI is InChI=1S/C50H37N/c1-3-11-37(12-4-1)39-23-25-40(26-24-39)41-27-29-44(30-28-41)48(43-13-5-2-6-14-43)35-36-19-21-38(22-20-36)42-31-33-45(34-32-42)51-49-17-9-7-15-46(49)47-16-8-10-18-50(47)51/h1-34,48H,35H2. The van der Waals surface area contributed by atoms with Gasteiger partial charge in [-0.05, 0) is 80.8 Å². The Labute approximate surface area is 299 Å². The van der Waals surface area contributed by atoms with Crippen molar-refractivity contribution < 1.29 is 0 Å². The van der Waals surface area contributed by atoms with Crippen molar-refractivity contribution in [2.45, 2.75) is 12.3 Å². The number of para-hydroxylation sites is 2. The Hall–Kier alpha value is -6.44. The monoisotopic (exact) mass is 651 g/mol. The Morgan fingerprint density at radius 2 is 0.686 bits per heavy atom. The van der Waals surface area contributed by atoms with E-state index in [1.807, 2.05) is 0 Å². The molecular weight excluding hydrogens is 615 g/mol. The quantitative estimate of drug-likeness (QED) is 0.154.